The lowest BCUT2D eigenvalue weighted by Crippen LogP contribution is -2.29. The molecule has 1 aromatic heterocycles. The Hall–Kier alpha value is -2.27. The average molecular weight is 340 g/mol. The number of hydrogen-bond acceptors (Lipinski definition) is 4. The molecule has 124 valence electrons. The van der Waals surface area contributed by atoms with Crippen molar-refractivity contribution in [3.8, 4) is 0 Å². The van der Waals surface area contributed by atoms with Gasteiger partial charge in [0.1, 0.15) is 5.52 Å². The van der Waals surface area contributed by atoms with Gasteiger partial charge in [-0.25, -0.2) is 4.98 Å². The number of fused-ring (bicyclic) bond motifs is 1. The van der Waals surface area contributed by atoms with Crippen molar-refractivity contribution in [3.05, 3.63) is 59.7 Å². The molecular formula is C19H20N2O2S. The van der Waals surface area contributed by atoms with E-state index in [0.717, 1.165) is 23.1 Å². The third kappa shape index (κ3) is 3.97. The minimum atomic E-state index is -0.0188. The predicted octanol–water partition coefficient (Wildman–Crippen LogP) is 4.50. The van der Waals surface area contributed by atoms with Gasteiger partial charge >= 0.3 is 0 Å². The molecule has 0 fully saturated rings. The maximum atomic E-state index is 12.2. The smallest absolute Gasteiger partial charge is 0.257 e. The normalized spacial score (nSPS) is 12.2. The van der Waals surface area contributed by atoms with Crippen molar-refractivity contribution in [1.82, 2.24) is 10.3 Å². The van der Waals surface area contributed by atoms with E-state index in [1.807, 2.05) is 24.3 Å². The second kappa shape index (κ2) is 7.53. The maximum Gasteiger partial charge on any atom is 0.257 e. The number of carbonyl (C=O) groups is 1. The summed E-state index contributed by atoms with van der Waals surface area (Å²) in [6.07, 6.45) is 0.850. The number of aromatic nitrogens is 1. The summed E-state index contributed by atoms with van der Waals surface area (Å²) in [6.45, 7) is 4.12. The molecule has 24 heavy (non-hydrogen) atoms. The first-order chi connectivity index (χ1) is 11.7. The summed E-state index contributed by atoms with van der Waals surface area (Å²) in [5, 5.41) is 3.60. The molecule has 5 heteroatoms. The average Bonchev–Trinajstić information content (AvgIpc) is 3.02. The second-order valence-corrected chi connectivity index (χ2v) is 6.60. The first-order valence-electron chi connectivity index (χ1n) is 8.00. The number of amides is 1. The molecule has 0 radical (unpaired) electrons. The number of aryl methyl sites for hydroxylation is 1. The first kappa shape index (κ1) is 16.6. The van der Waals surface area contributed by atoms with Crippen LogP contribution in [0.5, 0.6) is 0 Å². The molecule has 1 amide bonds. The van der Waals surface area contributed by atoms with Crippen LogP contribution in [0.3, 0.4) is 0 Å². The number of nitrogens with zero attached hydrogens (tertiary/aromatic N) is 1. The number of nitrogens with one attached hydrogen (secondary N) is 1. The highest BCUT2D eigenvalue weighted by Gasteiger charge is 2.14. The molecule has 3 aromatic rings. The number of para-hydroxylation sites is 2. The minimum Gasteiger partial charge on any atom is -0.431 e. The summed E-state index contributed by atoms with van der Waals surface area (Å²) in [4.78, 5) is 16.6. The Labute approximate surface area is 145 Å². The van der Waals surface area contributed by atoms with Crippen LogP contribution in [0.2, 0.25) is 0 Å². The third-order valence-corrected chi connectivity index (χ3v) is 4.65. The molecule has 1 unspecified atom stereocenters. The maximum absolute atomic E-state index is 12.2. The molecule has 0 bridgehead atoms. The van der Waals surface area contributed by atoms with Gasteiger partial charge in [0.2, 0.25) is 5.91 Å². The lowest BCUT2D eigenvalue weighted by atomic mass is 10.0. The third-order valence-electron chi connectivity index (χ3n) is 3.82. The summed E-state index contributed by atoms with van der Waals surface area (Å²) >= 11 is 1.31. The number of carbonyl (C=O) groups excluding carboxylic acids is 1. The highest BCUT2D eigenvalue weighted by atomic mass is 32.2. The molecule has 1 heterocycles. The monoisotopic (exact) mass is 340 g/mol. The molecule has 1 atom stereocenters. The molecule has 0 aliphatic carbocycles. The van der Waals surface area contributed by atoms with Crippen molar-refractivity contribution >= 4 is 28.8 Å². The van der Waals surface area contributed by atoms with Gasteiger partial charge in [0.15, 0.2) is 5.58 Å². The Balaban J connectivity index is 1.58. The van der Waals surface area contributed by atoms with Gasteiger partial charge in [0.05, 0.1) is 11.8 Å². The predicted molar refractivity (Wildman–Crippen MR) is 97.1 cm³/mol. The molecule has 0 saturated heterocycles. The van der Waals surface area contributed by atoms with Crippen molar-refractivity contribution in [2.24, 2.45) is 0 Å². The molecular weight excluding hydrogens is 320 g/mol. The van der Waals surface area contributed by atoms with Crippen molar-refractivity contribution in [2.45, 2.75) is 31.5 Å². The van der Waals surface area contributed by atoms with Gasteiger partial charge in [0, 0.05) is 0 Å². The van der Waals surface area contributed by atoms with Gasteiger partial charge in [-0.15, -0.1) is 0 Å². The lowest BCUT2D eigenvalue weighted by Gasteiger charge is -2.17. The molecule has 0 aliphatic rings. The minimum absolute atomic E-state index is 0.0188. The van der Waals surface area contributed by atoms with Gasteiger partial charge in [-0.3, -0.25) is 4.79 Å². The summed E-state index contributed by atoms with van der Waals surface area (Å²) in [5.41, 5.74) is 3.90. The fraction of sp³-hybridized carbons (Fsp3) is 0.263. The van der Waals surface area contributed by atoms with Gasteiger partial charge in [0.25, 0.3) is 5.22 Å². The van der Waals surface area contributed by atoms with Crippen LogP contribution in [0.4, 0.5) is 0 Å². The van der Waals surface area contributed by atoms with Crippen molar-refractivity contribution in [1.29, 1.82) is 0 Å². The molecule has 0 aliphatic heterocycles. The summed E-state index contributed by atoms with van der Waals surface area (Å²) in [6, 6.07) is 15.9. The lowest BCUT2D eigenvalue weighted by molar-refractivity contribution is -0.119. The Morgan fingerprint density at radius 3 is 2.67 bits per heavy atom. The summed E-state index contributed by atoms with van der Waals surface area (Å²) in [7, 11) is 0. The fourth-order valence-electron chi connectivity index (χ4n) is 2.50. The van der Waals surface area contributed by atoms with E-state index >= 15 is 0 Å². The number of thioether (sulfide) groups is 1. The van der Waals surface area contributed by atoms with Gasteiger partial charge < -0.3 is 9.73 Å². The standard InChI is InChI=1S/C19H20N2O2S/c1-3-15(14-10-8-13(2)9-11-14)20-18(22)12-24-19-21-16-6-4-5-7-17(16)23-19/h4-11,15H,3,12H2,1-2H3,(H,20,22). The van der Waals surface area contributed by atoms with E-state index < -0.39 is 0 Å². The second-order valence-electron chi connectivity index (χ2n) is 5.68. The van der Waals surface area contributed by atoms with Gasteiger partial charge in [-0.2, -0.15) is 0 Å². The molecule has 3 rings (SSSR count). The zero-order valence-corrected chi connectivity index (χ0v) is 14.6. The van der Waals surface area contributed by atoms with Crippen LogP contribution in [0.15, 0.2) is 58.2 Å². The molecule has 4 nitrogen and oxygen atoms in total. The number of oxazole rings is 1. The highest BCUT2D eigenvalue weighted by molar-refractivity contribution is 7.99. The van der Waals surface area contributed by atoms with E-state index in [4.69, 9.17) is 4.42 Å². The topological polar surface area (TPSA) is 55.1 Å². The SMILES string of the molecule is CCC(NC(=O)CSc1nc2ccccc2o1)c1ccc(C)cc1. The summed E-state index contributed by atoms with van der Waals surface area (Å²) in [5.74, 6) is 0.268. The van der Waals surface area contributed by atoms with Crippen LogP contribution >= 0.6 is 11.8 Å². The van der Waals surface area contributed by atoms with E-state index in [-0.39, 0.29) is 17.7 Å². The van der Waals surface area contributed by atoms with Crippen LogP contribution in [0.25, 0.3) is 11.1 Å². The zero-order chi connectivity index (χ0) is 16.9. The van der Waals surface area contributed by atoms with Crippen molar-refractivity contribution < 1.29 is 9.21 Å². The van der Waals surface area contributed by atoms with Crippen LogP contribution in [-0.4, -0.2) is 16.6 Å². The zero-order valence-electron chi connectivity index (χ0n) is 13.8. The molecule has 2 aromatic carbocycles. The molecule has 0 saturated carbocycles. The van der Waals surface area contributed by atoms with Gasteiger partial charge in [-0.1, -0.05) is 60.6 Å². The van der Waals surface area contributed by atoms with E-state index in [2.05, 4.69) is 48.4 Å². The van der Waals surface area contributed by atoms with E-state index in [1.54, 1.807) is 0 Å². The Morgan fingerprint density at radius 2 is 1.96 bits per heavy atom. The van der Waals surface area contributed by atoms with E-state index in [1.165, 1.54) is 17.3 Å². The van der Waals surface area contributed by atoms with Crippen LogP contribution in [0, 0.1) is 6.92 Å². The first-order valence-corrected chi connectivity index (χ1v) is 8.98. The van der Waals surface area contributed by atoms with Crippen LogP contribution in [0.1, 0.15) is 30.5 Å². The molecule has 1 N–H and O–H groups in total. The Bertz CT molecular complexity index is 794. The largest absolute Gasteiger partial charge is 0.431 e. The Morgan fingerprint density at radius 1 is 1.21 bits per heavy atom. The van der Waals surface area contributed by atoms with Crippen molar-refractivity contribution in [3.63, 3.8) is 0 Å². The van der Waals surface area contributed by atoms with E-state index in [0.29, 0.717) is 5.22 Å². The number of hydrogen-bond donors (Lipinski definition) is 1. The van der Waals surface area contributed by atoms with Crippen LogP contribution < -0.4 is 5.32 Å². The fourth-order valence-corrected chi connectivity index (χ4v) is 3.15. The number of rotatable bonds is 6. The summed E-state index contributed by atoms with van der Waals surface area (Å²) < 4.78 is 5.62. The highest BCUT2D eigenvalue weighted by Crippen LogP contribution is 2.23. The van der Waals surface area contributed by atoms with Crippen LogP contribution in [-0.2, 0) is 4.79 Å². The van der Waals surface area contributed by atoms with E-state index in [9.17, 15) is 4.79 Å². The van der Waals surface area contributed by atoms with Crippen molar-refractivity contribution in [2.75, 3.05) is 5.75 Å². The Kier molecular flexibility index (Phi) is 5.20. The quantitative estimate of drug-likeness (QED) is 0.672. The number of benzene rings is 2. The van der Waals surface area contributed by atoms with Gasteiger partial charge in [-0.05, 0) is 31.0 Å². The molecule has 0 spiro atoms.